The van der Waals surface area contributed by atoms with Crippen LogP contribution in [0, 0.1) is 13.0 Å². The number of fused-ring (bicyclic) bond motifs is 2. The van der Waals surface area contributed by atoms with E-state index in [9.17, 15) is 9.59 Å². The number of carbonyl (C=O) groups is 2. The van der Waals surface area contributed by atoms with Crippen LogP contribution < -0.4 is 0 Å². The summed E-state index contributed by atoms with van der Waals surface area (Å²) in [6.45, 7) is 1.84. The Hall–Kier alpha value is -2.22. The highest BCUT2D eigenvalue weighted by Gasteiger charge is 2.30. The van der Waals surface area contributed by atoms with E-state index >= 15 is 0 Å². The van der Waals surface area contributed by atoms with Crippen LogP contribution in [0.4, 0.5) is 0 Å². The lowest BCUT2D eigenvalue weighted by Crippen LogP contribution is -2.21. The Balaban J connectivity index is 2.37. The Morgan fingerprint density at radius 3 is 2.29 bits per heavy atom. The van der Waals surface area contributed by atoms with Crippen LogP contribution in [0.3, 0.4) is 0 Å². The van der Waals surface area contributed by atoms with Crippen molar-refractivity contribution in [2.75, 3.05) is 0 Å². The smallest absolute Gasteiger partial charge is 0.195 e. The van der Waals surface area contributed by atoms with Gasteiger partial charge in [0.05, 0.1) is 0 Å². The van der Waals surface area contributed by atoms with E-state index in [0.717, 1.165) is 5.56 Å². The second-order valence-electron chi connectivity index (χ2n) is 4.11. The van der Waals surface area contributed by atoms with E-state index in [-0.39, 0.29) is 11.6 Å². The van der Waals surface area contributed by atoms with Crippen molar-refractivity contribution in [3.8, 4) is 0 Å². The predicted molar refractivity (Wildman–Crippen MR) is 63.3 cm³/mol. The first-order valence-corrected chi connectivity index (χ1v) is 5.40. The number of hydrogen-bond donors (Lipinski definition) is 0. The predicted octanol–water partition coefficient (Wildman–Crippen LogP) is 2.57. The average molecular weight is 221 g/mol. The molecular weight excluding hydrogens is 212 g/mol. The molecule has 2 aromatic rings. The standard InChI is InChI=1S/C15H9O2/c1-9-5-4-8-12-13(9)15(17)11-7-3-2-6-10(11)14(12)16/h2-7H,1H3. The molecule has 0 amide bonds. The number of aryl methyl sites for hydroxylation is 1. The molecule has 0 saturated carbocycles. The first-order valence-electron chi connectivity index (χ1n) is 5.40. The molecule has 0 bridgehead atoms. The fraction of sp³-hybridized carbons (Fsp3) is 0.0667. The van der Waals surface area contributed by atoms with Gasteiger partial charge < -0.3 is 0 Å². The van der Waals surface area contributed by atoms with Gasteiger partial charge in [-0.1, -0.05) is 36.4 Å². The second kappa shape index (κ2) is 3.39. The maximum absolute atomic E-state index is 12.3. The summed E-state index contributed by atoms with van der Waals surface area (Å²) in [7, 11) is 0. The number of hydrogen-bond acceptors (Lipinski definition) is 2. The SMILES string of the molecule is Cc1cc[c]c2c1C(=O)c1ccccc1C2=O. The lowest BCUT2D eigenvalue weighted by Gasteiger charge is -2.18. The van der Waals surface area contributed by atoms with E-state index in [2.05, 4.69) is 6.07 Å². The van der Waals surface area contributed by atoms with Crippen LogP contribution >= 0.6 is 0 Å². The van der Waals surface area contributed by atoms with Gasteiger partial charge in [0.1, 0.15) is 0 Å². The summed E-state index contributed by atoms with van der Waals surface area (Å²) < 4.78 is 0. The zero-order chi connectivity index (χ0) is 12.0. The van der Waals surface area contributed by atoms with Gasteiger partial charge in [-0.15, -0.1) is 0 Å². The number of benzene rings is 2. The van der Waals surface area contributed by atoms with E-state index < -0.39 is 0 Å². The van der Waals surface area contributed by atoms with E-state index in [4.69, 9.17) is 0 Å². The van der Waals surface area contributed by atoms with Crippen LogP contribution in [-0.2, 0) is 0 Å². The molecule has 81 valence electrons. The van der Waals surface area contributed by atoms with Gasteiger partial charge in [0.15, 0.2) is 11.6 Å². The van der Waals surface area contributed by atoms with Gasteiger partial charge in [0.2, 0.25) is 0 Å². The Morgan fingerprint density at radius 2 is 1.59 bits per heavy atom. The minimum Gasteiger partial charge on any atom is -0.289 e. The summed E-state index contributed by atoms with van der Waals surface area (Å²) in [5.41, 5.74) is 2.69. The molecule has 2 aromatic carbocycles. The molecule has 2 heteroatoms. The van der Waals surface area contributed by atoms with Crippen LogP contribution in [0.2, 0.25) is 0 Å². The van der Waals surface area contributed by atoms with Gasteiger partial charge in [-0.2, -0.15) is 0 Å². The molecule has 1 radical (unpaired) electrons. The van der Waals surface area contributed by atoms with Gasteiger partial charge in [0.25, 0.3) is 0 Å². The summed E-state index contributed by atoms with van der Waals surface area (Å²) in [5, 5.41) is 0. The van der Waals surface area contributed by atoms with Crippen molar-refractivity contribution in [1.82, 2.24) is 0 Å². The average Bonchev–Trinajstić information content (AvgIpc) is 2.36. The van der Waals surface area contributed by atoms with Crippen molar-refractivity contribution in [2.24, 2.45) is 0 Å². The molecule has 0 fully saturated rings. The quantitative estimate of drug-likeness (QED) is 0.584. The Bertz CT molecular complexity index is 654. The van der Waals surface area contributed by atoms with E-state index in [0.29, 0.717) is 22.3 Å². The summed E-state index contributed by atoms with van der Waals surface area (Å²) >= 11 is 0. The lowest BCUT2D eigenvalue weighted by molar-refractivity contribution is 0.0978. The Morgan fingerprint density at radius 1 is 0.941 bits per heavy atom. The molecule has 17 heavy (non-hydrogen) atoms. The van der Waals surface area contributed by atoms with Gasteiger partial charge >= 0.3 is 0 Å². The van der Waals surface area contributed by atoms with Crippen LogP contribution in [0.15, 0.2) is 36.4 Å². The molecule has 0 saturated heterocycles. The molecule has 0 atom stereocenters. The molecule has 3 rings (SSSR count). The van der Waals surface area contributed by atoms with E-state index in [1.54, 1.807) is 36.4 Å². The number of rotatable bonds is 0. The summed E-state index contributed by atoms with van der Waals surface area (Å²) in [4.78, 5) is 24.5. The second-order valence-corrected chi connectivity index (χ2v) is 4.11. The maximum atomic E-state index is 12.3. The molecule has 1 aliphatic rings. The third kappa shape index (κ3) is 1.27. The molecule has 0 aromatic heterocycles. The van der Waals surface area contributed by atoms with Crippen molar-refractivity contribution < 1.29 is 9.59 Å². The Kier molecular flexibility index (Phi) is 1.99. The van der Waals surface area contributed by atoms with Crippen molar-refractivity contribution in [1.29, 1.82) is 0 Å². The third-order valence-corrected chi connectivity index (χ3v) is 3.08. The molecule has 1 aliphatic carbocycles. The van der Waals surface area contributed by atoms with Gasteiger partial charge in [-0.25, -0.2) is 0 Å². The fourth-order valence-corrected chi connectivity index (χ4v) is 2.22. The summed E-state index contributed by atoms with van der Waals surface area (Å²) in [6.07, 6.45) is 0. The molecule has 0 aliphatic heterocycles. The molecule has 0 N–H and O–H groups in total. The third-order valence-electron chi connectivity index (χ3n) is 3.08. The minimum absolute atomic E-state index is 0.0791. The topological polar surface area (TPSA) is 34.1 Å². The Labute approximate surface area is 98.9 Å². The molecular formula is C15H9O2. The van der Waals surface area contributed by atoms with E-state index in [1.807, 2.05) is 6.92 Å². The summed E-state index contributed by atoms with van der Waals surface area (Å²) in [6, 6.07) is 13.3. The van der Waals surface area contributed by atoms with Crippen LogP contribution in [0.1, 0.15) is 37.4 Å². The fourth-order valence-electron chi connectivity index (χ4n) is 2.22. The van der Waals surface area contributed by atoms with Crippen molar-refractivity contribution >= 4 is 11.6 Å². The van der Waals surface area contributed by atoms with Crippen LogP contribution in [-0.4, -0.2) is 11.6 Å². The molecule has 0 unspecified atom stereocenters. The zero-order valence-corrected chi connectivity index (χ0v) is 9.28. The lowest BCUT2D eigenvalue weighted by atomic mass is 9.82. The highest BCUT2D eigenvalue weighted by Crippen LogP contribution is 2.28. The highest BCUT2D eigenvalue weighted by molar-refractivity contribution is 6.28. The summed E-state index contributed by atoms with van der Waals surface area (Å²) in [5.74, 6) is -0.191. The number of ketones is 2. The van der Waals surface area contributed by atoms with Crippen LogP contribution in [0.25, 0.3) is 0 Å². The van der Waals surface area contributed by atoms with Crippen LogP contribution in [0.5, 0.6) is 0 Å². The minimum atomic E-state index is -0.112. The first-order chi connectivity index (χ1) is 8.20. The van der Waals surface area contributed by atoms with Gasteiger partial charge in [0, 0.05) is 22.3 Å². The van der Waals surface area contributed by atoms with E-state index in [1.165, 1.54) is 0 Å². The normalized spacial score (nSPS) is 13.2. The van der Waals surface area contributed by atoms with Gasteiger partial charge in [-0.3, -0.25) is 9.59 Å². The number of carbonyl (C=O) groups excluding carboxylic acids is 2. The van der Waals surface area contributed by atoms with Crippen molar-refractivity contribution in [2.45, 2.75) is 6.92 Å². The first kappa shape index (κ1) is 9.97. The monoisotopic (exact) mass is 221 g/mol. The highest BCUT2D eigenvalue weighted by atomic mass is 16.1. The maximum Gasteiger partial charge on any atom is 0.195 e. The molecule has 0 spiro atoms. The van der Waals surface area contributed by atoms with Crippen molar-refractivity contribution in [3.05, 3.63) is 70.3 Å². The molecule has 2 nitrogen and oxygen atoms in total. The molecule has 0 heterocycles. The van der Waals surface area contributed by atoms with Crippen molar-refractivity contribution in [3.63, 3.8) is 0 Å². The largest absolute Gasteiger partial charge is 0.289 e. The zero-order valence-electron chi connectivity index (χ0n) is 9.28. The van der Waals surface area contributed by atoms with Gasteiger partial charge in [-0.05, 0) is 18.6 Å².